The Morgan fingerprint density at radius 1 is 1.30 bits per heavy atom. The topological polar surface area (TPSA) is 105 Å². The summed E-state index contributed by atoms with van der Waals surface area (Å²) in [5.74, 6) is -0.337. The molecule has 0 saturated heterocycles. The fraction of sp³-hybridized carbons (Fsp3) is 0.385. The summed E-state index contributed by atoms with van der Waals surface area (Å²) in [7, 11) is 0. The van der Waals surface area contributed by atoms with Crippen LogP contribution in [0.4, 0.5) is 0 Å². The van der Waals surface area contributed by atoms with Crippen molar-refractivity contribution < 1.29 is 29.3 Å². The smallest absolute Gasteiger partial charge is 0.334 e. The van der Waals surface area contributed by atoms with E-state index in [-0.39, 0.29) is 25.7 Å². The third-order valence-corrected chi connectivity index (χ3v) is 2.86. The third kappa shape index (κ3) is 3.61. The molecule has 1 aliphatic rings. The molecule has 0 spiro atoms. The number of amides is 1. The highest BCUT2D eigenvalue weighted by molar-refractivity contribution is 5.78. The molecule has 7 nitrogen and oxygen atoms in total. The Labute approximate surface area is 115 Å². The van der Waals surface area contributed by atoms with Crippen LogP contribution in [0, 0.1) is 0 Å². The number of hydrogen-bond acceptors (Lipinski definition) is 5. The second kappa shape index (κ2) is 6.25. The van der Waals surface area contributed by atoms with E-state index in [9.17, 15) is 9.59 Å². The average Bonchev–Trinajstić information content (AvgIpc) is 2.89. The van der Waals surface area contributed by atoms with Gasteiger partial charge in [-0.3, -0.25) is 4.79 Å². The monoisotopic (exact) mass is 281 g/mol. The fourth-order valence-corrected chi connectivity index (χ4v) is 1.74. The fourth-order valence-electron chi connectivity index (χ4n) is 1.74. The van der Waals surface area contributed by atoms with E-state index in [1.165, 1.54) is 0 Å². The van der Waals surface area contributed by atoms with Crippen molar-refractivity contribution in [3.63, 3.8) is 0 Å². The number of ether oxygens (including phenoxy) is 2. The van der Waals surface area contributed by atoms with Crippen molar-refractivity contribution >= 4 is 11.9 Å². The molecule has 1 aromatic rings. The van der Waals surface area contributed by atoms with Gasteiger partial charge in [-0.05, 0) is 24.1 Å². The standard InChI is InChI=1S/C13H15NO6/c15-9(13(17)18)6-14-12(16)4-2-8-1-3-10-11(5-8)20-7-19-10/h1,3,5,9,15H,2,4,6-7H2,(H,14,16)(H,17,18). The number of aliphatic hydroxyl groups is 1. The third-order valence-electron chi connectivity index (χ3n) is 2.86. The molecule has 0 aromatic heterocycles. The van der Waals surface area contributed by atoms with E-state index >= 15 is 0 Å². The summed E-state index contributed by atoms with van der Waals surface area (Å²) in [5, 5.41) is 19.8. The summed E-state index contributed by atoms with van der Waals surface area (Å²) in [6.45, 7) is -0.0956. The number of hydrogen-bond donors (Lipinski definition) is 3. The molecular formula is C13H15NO6. The Morgan fingerprint density at radius 2 is 2.05 bits per heavy atom. The van der Waals surface area contributed by atoms with Crippen LogP contribution in [0.25, 0.3) is 0 Å². The number of rotatable bonds is 6. The predicted molar refractivity (Wildman–Crippen MR) is 67.5 cm³/mol. The number of carbonyl (C=O) groups excluding carboxylic acids is 1. The van der Waals surface area contributed by atoms with Crippen LogP contribution in [0.1, 0.15) is 12.0 Å². The molecule has 0 radical (unpaired) electrons. The maximum absolute atomic E-state index is 11.5. The van der Waals surface area contributed by atoms with E-state index in [4.69, 9.17) is 19.7 Å². The molecule has 1 atom stereocenters. The summed E-state index contributed by atoms with van der Waals surface area (Å²) >= 11 is 0. The van der Waals surface area contributed by atoms with E-state index in [0.29, 0.717) is 17.9 Å². The Morgan fingerprint density at radius 3 is 2.80 bits per heavy atom. The first kappa shape index (κ1) is 14.1. The van der Waals surface area contributed by atoms with Crippen molar-refractivity contribution in [1.29, 1.82) is 0 Å². The molecule has 2 rings (SSSR count). The molecule has 1 aliphatic heterocycles. The van der Waals surface area contributed by atoms with E-state index in [0.717, 1.165) is 5.56 Å². The predicted octanol–water partition coefficient (Wildman–Crippen LogP) is -0.0904. The minimum atomic E-state index is -1.58. The zero-order chi connectivity index (χ0) is 14.5. The Kier molecular flexibility index (Phi) is 4.41. The lowest BCUT2D eigenvalue weighted by atomic mass is 10.1. The lowest BCUT2D eigenvalue weighted by molar-refractivity contribution is -0.146. The quantitative estimate of drug-likeness (QED) is 0.673. The van der Waals surface area contributed by atoms with Crippen LogP contribution in [0.3, 0.4) is 0 Å². The van der Waals surface area contributed by atoms with Gasteiger partial charge in [0.2, 0.25) is 12.7 Å². The highest BCUT2D eigenvalue weighted by atomic mass is 16.7. The Balaban J connectivity index is 1.77. The first-order chi connectivity index (χ1) is 9.56. The van der Waals surface area contributed by atoms with Gasteiger partial charge in [-0.25, -0.2) is 4.79 Å². The SMILES string of the molecule is O=C(CCc1ccc2c(c1)OCO2)NCC(O)C(=O)O. The van der Waals surface area contributed by atoms with Crippen molar-refractivity contribution in [1.82, 2.24) is 5.32 Å². The minimum Gasteiger partial charge on any atom is -0.479 e. The second-order valence-corrected chi connectivity index (χ2v) is 4.35. The average molecular weight is 281 g/mol. The summed E-state index contributed by atoms with van der Waals surface area (Å²) in [5.41, 5.74) is 0.920. The molecule has 0 saturated carbocycles. The van der Waals surface area contributed by atoms with Crippen LogP contribution in [-0.4, -0.2) is 41.5 Å². The zero-order valence-corrected chi connectivity index (χ0v) is 10.7. The summed E-state index contributed by atoms with van der Waals surface area (Å²) in [4.78, 5) is 21.9. The number of fused-ring (bicyclic) bond motifs is 1. The molecule has 1 aromatic carbocycles. The van der Waals surface area contributed by atoms with E-state index < -0.39 is 12.1 Å². The molecular weight excluding hydrogens is 266 g/mol. The lowest BCUT2D eigenvalue weighted by Crippen LogP contribution is -2.36. The first-order valence-corrected chi connectivity index (χ1v) is 6.12. The van der Waals surface area contributed by atoms with Gasteiger partial charge in [-0.2, -0.15) is 0 Å². The van der Waals surface area contributed by atoms with Crippen molar-refractivity contribution in [3.8, 4) is 11.5 Å². The number of aliphatic carboxylic acids is 1. The molecule has 1 unspecified atom stereocenters. The Bertz CT molecular complexity index is 516. The maximum atomic E-state index is 11.5. The van der Waals surface area contributed by atoms with E-state index in [1.54, 1.807) is 6.07 Å². The molecule has 7 heteroatoms. The number of carboxylic acid groups (broad SMARTS) is 1. The number of carbonyl (C=O) groups is 2. The molecule has 0 aliphatic carbocycles. The zero-order valence-electron chi connectivity index (χ0n) is 10.7. The van der Waals surface area contributed by atoms with Gasteiger partial charge in [0.15, 0.2) is 17.6 Å². The molecule has 1 heterocycles. The maximum Gasteiger partial charge on any atom is 0.334 e. The van der Waals surface area contributed by atoms with Crippen LogP contribution in [0.2, 0.25) is 0 Å². The van der Waals surface area contributed by atoms with Gasteiger partial charge in [0.05, 0.1) is 6.54 Å². The highest BCUT2D eigenvalue weighted by Gasteiger charge is 2.15. The molecule has 20 heavy (non-hydrogen) atoms. The van der Waals surface area contributed by atoms with Crippen molar-refractivity contribution in [3.05, 3.63) is 23.8 Å². The summed E-state index contributed by atoms with van der Waals surface area (Å²) in [6.07, 6.45) is -0.887. The normalized spacial score (nSPS) is 13.8. The van der Waals surface area contributed by atoms with E-state index in [1.807, 2.05) is 12.1 Å². The number of nitrogens with one attached hydrogen (secondary N) is 1. The van der Waals surface area contributed by atoms with Gasteiger partial charge in [0, 0.05) is 6.42 Å². The first-order valence-electron chi connectivity index (χ1n) is 6.12. The molecule has 0 bridgehead atoms. The lowest BCUT2D eigenvalue weighted by Gasteiger charge is -2.08. The van der Waals surface area contributed by atoms with Crippen molar-refractivity contribution in [2.45, 2.75) is 18.9 Å². The van der Waals surface area contributed by atoms with Gasteiger partial charge in [-0.15, -0.1) is 0 Å². The van der Waals surface area contributed by atoms with Crippen molar-refractivity contribution in [2.75, 3.05) is 13.3 Å². The van der Waals surface area contributed by atoms with Gasteiger partial charge >= 0.3 is 5.97 Å². The van der Waals surface area contributed by atoms with Crippen LogP contribution in [0.5, 0.6) is 11.5 Å². The second-order valence-electron chi connectivity index (χ2n) is 4.35. The highest BCUT2D eigenvalue weighted by Crippen LogP contribution is 2.32. The number of aliphatic hydroxyl groups excluding tert-OH is 1. The van der Waals surface area contributed by atoms with E-state index in [2.05, 4.69) is 5.32 Å². The van der Waals surface area contributed by atoms with Crippen LogP contribution < -0.4 is 14.8 Å². The van der Waals surface area contributed by atoms with Gasteiger partial charge in [-0.1, -0.05) is 6.07 Å². The van der Waals surface area contributed by atoms with Gasteiger partial charge in [0.25, 0.3) is 0 Å². The Hall–Kier alpha value is -2.28. The van der Waals surface area contributed by atoms with Gasteiger partial charge < -0.3 is 25.0 Å². The van der Waals surface area contributed by atoms with Crippen LogP contribution >= 0.6 is 0 Å². The number of carboxylic acids is 1. The number of aryl methyl sites for hydroxylation is 1. The largest absolute Gasteiger partial charge is 0.479 e. The minimum absolute atomic E-state index is 0.200. The number of benzene rings is 1. The van der Waals surface area contributed by atoms with Crippen LogP contribution in [-0.2, 0) is 16.0 Å². The summed E-state index contributed by atoms with van der Waals surface area (Å²) < 4.78 is 10.4. The molecule has 3 N–H and O–H groups in total. The molecule has 108 valence electrons. The molecule has 0 fully saturated rings. The van der Waals surface area contributed by atoms with Crippen molar-refractivity contribution in [2.24, 2.45) is 0 Å². The molecule has 1 amide bonds. The van der Waals surface area contributed by atoms with Gasteiger partial charge in [0.1, 0.15) is 0 Å². The summed E-state index contributed by atoms with van der Waals surface area (Å²) in [6, 6.07) is 5.43. The van der Waals surface area contributed by atoms with Crippen LogP contribution in [0.15, 0.2) is 18.2 Å².